The van der Waals surface area contributed by atoms with Crippen molar-refractivity contribution in [2.75, 3.05) is 45.1 Å². The lowest BCUT2D eigenvalue weighted by molar-refractivity contribution is -0.136. The number of halogens is 3. The maximum absolute atomic E-state index is 13.3. The molecule has 142 valence electrons. The van der Waals surface area contributed by atoms with Crippen LogP contribution in [-0.4, -0.2) is 65.6 Å². The van der Waals surface area contributed by atoms with Crippen molar-refractivity contribution in [3.8, 4) is 0 Å². The van der Waals surface area contributed by atoms with Crippen LogP contribution in [-0.2, 0) is 6.18 Å². The fourth-order valence-corrected chi connectivity index (χ4v) is 3.30. The average molecular weight is 367 g/mol. The van der Waals surface area contributed by atoms with E-state index in [1.165, 1.54) is 6.07 Å². The van der Waals surface area contributed by atoms with Crippen molar-refractivity contribution in [3.05, 3.63) is 29.6 Å². The molecule has 1 fully saturated rings. The van der Waals surface area contributed by atoms with Gasteiger partial charge in [-0.05, 0) is 33.0 Å². The zero-order chi connectivity index (χ0) is 18.9. The van der Waals surface area contributed by atoms with E-state index in [2.05, 4.69) is 32.1 Å². The van der Waals surface area contributed by atoms with Crippen molar-refractivity contribution in [1.29, 1.82) is 0 Å². The molecule has 0 unspecified atom stereocenters. The quantitative estimate of drug-likeness (QED) is 0.900. The predicted octanol–water partition coefficient (Wildman–Crippen LogP) is 3.00. The Balaban J connectivity index is 1.83. The smallest absolute Gasteiger partial charge is 0.366 e. The molecule has 0 amide bonds. The number of aromatic nitrogens is 2. The predicted molar refractivity (Wildman–Crippen MR) is 96.3 cm³/mol. The van der Waals surface area contributed by atoms with Gasteiger partial charge in [0, 0.05) is 44.2 Å². The first-order valence-corrected chi connectivity index (χ1v) is 8.76. The monoisotopic (exact) mass is 367 g/mol. The van der Waals surface area contributed by atoms with Crippen molar-refractivity contribution >= 4 is 16.7 Å². The summed E-state index contributed by atoms with van der Waals surface area (Å²) in [5.41, 5.74) is -0.780. The van der Waals surface area contributed by atoms with Crippen molar-refractivity contribution in [3.63, 3.8) is 0 Å². The van der Waals surface area contributed by atoms with E-state index in [-0.39, 0.29) is 11.6 Å². The summed E-state index contributed by atoms with van der Waals surface area (Å²) >= 11 is 0. The van der Waals surface area contributed by atoms with Crippen LogP contribution < -0.4 is 5.32 Å². The van der Waals surface area contributed by atoms with Crippen LogP contribution >= 0.6 is 0 Å². The Labute approximate surface area is 151 Å². The van der Waals surface area contributed by atoms with Crippen molar-refractivity contribution in [2.24, 2.45) is 0 Å². The molecule has 1 aliphatic rings. The van der Waals surface area contributed by atoms with Gasteiger partial charge in [0.1, 0.15) is 11.6 Å². The van der Waals surface area contributed by atoms with Gasteiger partial charge in [-0.25, -0.2) is 9.97 Å². The SMILES string of the molecule is Cc1nc(N[C@@H](C)CN2CCN(C)CC2)c2cccc(C(F)(F)F)c2n1. The fourth-order valence-electron chi connectivity index (χ4n) is 3.30. The Kier molecular flexibility index (Phi) is 5.34. The van der Waals surface area contributed by atoms with Crippen LogP contribution in [0.2, 0.25) is 0 Å². The molecule has 1 aliphatic heterocycles. The minimum absolute atomic E-state index is 0.0539. The van der Waals surface area contributed by atoms with Crippen molar-refractivity contribution in [2.45, 2.75) is 26.1 Å². The number of nitrogens with one attached hydrogen (secondary N) is 1. The summed E-state index contributed by atoms with van der Waals surface area (Å²) in [6, 6.07) is 4.16. The third kappa shape index (κ3) is 4.24. The van der Waals surface area contributed by atoms with Gasteiger partial charge in [-0.3, -0.25) is 4.90 Å². The number of rotatable bonds is 4. The number of hydrogen-bond donors (Lipinski definition) is 1. The second-order valence-corrected chi connectivity index (χ2v) is 6.97. The van der Waals surface area contributed by atoms with Crippen molar-refractivity contribution in [1.82, 2.24) is 19.8 Å². The molecule has 1 aromatic carbocycles. The minimum atomic E-state index is -4.44. The number of fused-ring (bicyclic) bond motifs is 1. The Hall–Kier alpha value is -1.93. The topological polar surface area (TPSA) is 44.3 Å². The summed E-state index contributed by atoms with van der Waals surface area (Å²) in [5, 5.41) is 3.69. The molecule has 0 bridgehead atoms. The first-order valence-electron chi connectivity index (χ1n) is 8.76. The van der Waals surface area contributed by atoms with Crippen molar-refractivity contribution < 1.29 is 13.2 Å². The molecule has 3 rings (SSSR count). The molecule has 5 nitrogen and oxygen atoms in total. The molecule has 1 saturated heterocycles. The van der Waals surface area contributed by atoms with Crippen LogP contribution in [0.5, 0.6) is 0 Å². The molecule has 2 heterocycles. The Bertz CT molecular complexity index is 769. The molecule has 1 atom stereocenters. The summed E-state index contributed by atoms with van der Waals surface area (Å²) in [6.45, 7) is 8.48. The number of benzene rings is 1. The number of aryl methyl sites for hydroxylation is 1. The largest absolute Gasteiger partial charge is 0.418 e. The number of nitrogens with zero attached hydrogens (tertiary/aromatic N) is 4. The molecule has 8 heteroatoms. The third-order valence-corrected chi connectivity index (χ3v) is 4.65. The van der Waals surface area contributed by atoms with Gasteiger partial charge in [-0.2, -0.15) is 13.2 Å². The number of hydrogen-bond acceptors (Lipinski definition) is 5. The Morgan fingerprint density at radius 2 is 1.85 bits per heavy atom. The van der Waals surface area contributed by atoms with E-state index in [4.69, 9.17) is 0 Å². The van der Waals surface area contributed by atoms with E-state index >= 15 is 0 Å². The summed E-state index contributed by atoms with van der Waals surface area (Å²) < 4.78 is 39.9. The number of anilines is 1. The Morgan fingerprint density at radius 3 is 2.50 bits per heavy atom. The summed E-state index contributed by atoms with van der Waals surface area (Å²) in [4.78, 5) is 13.0. The second kappa shape index (κ2) is 7.36. The minimum Gasteiger partial charge on any atom is -0.366 e. The van der Waals surface area contributed by atoms with Gasteiger partial charge < -0.3 is 10.2 Å². The van der Waals surface area contributed by atoms with E-state index in [0.717, 1.165) is 38.8 Å². The normalized spacial score (nSPS) is 18.2. The number of alkyl halides is 3. The molecule has 0 spiro atoms. The molecular formula is C18H24F3N5. The zero-order valence-electron chi connectivity index (χ0n) is 15.3. The Morgan fingerprint density at radius 1 is 1.15 bits per heavy atom. The number of para-hydroxylation sites is 1. The lowest BCUT2D eigenvalue weighted by Gasteiger charge is -2.34. The van der Waals surface area contributed by atoms with Gasteiger partial charge >= 0.3 is 6.18 Å². The molecule has 0 radical (unpaired) electrons. The highest BCUT2D eigenvalue weighted by Gasteiger charge is 2.33. The van der Waals surface area contributed by atoms with Crippen LogP contribution in [0.4, 0.5) is 19.0 Å². The van der Waals surface area contributed by atoms with Crippen LogP contribution in [0.1, 0.15) is 18.3 Å². The molecule has 2 aromatic rings. The van der Waals surface area contributed by atoms with Crippen LogP contribution in [0, 0.1) is 6.92 Å². The first kappa shape index (κ1) is 18.8. The molecule has 1 N–H and O–H groups in total. The van der Waals surface area contributed by atoms with Crippen LogP contribution in [0.3, 0.4) is 0 Å². The van der Waals surface area contributed by atoms with E-state index in [1.807, 2.05) is 6.92 Å². The average Bonchev–Trinajstić information content (AvgIpc) is 2.55. The van der Waals surface area contributed by atoms with Gasteiger partial charge in [0.25, 0.3) is 0 Å². The van der Waals surface area contributed by atoms with Gasteiger partial charge in [-0.1, -0.05) is 6.07 Å². The summed E-state index contributed by atoms with van der Waals surface area (Å²) in [5.74, 6) is 0.781. The summed E-state index contributed by atoms with van der Waals surface area (Å²) in [6.07, 6.45) is -4.44. The molecular weight excluding hydrogens is 343 g/mol. The highest BCUT2D eigenvalue weighted by Crippen LogP contribution is 2.35. The lowest BCUT2D eigenvalue weighted by Crippen LogP contribution is -2.47. The summed E-state index contributed by atoms with van der Waals surface area (Å²) in [7, 11) is 2.10. The van der Waals surface area contributed by atoms with E-state index in [1.54, 1.807) is 13.0 Å². The van der Waals surface area contributed by atoms with E-state index in [9.17, 15) is 13.2 Å². The lowest BCUT2D eigenvalue weighted by atomic mass is 10.1. The van der Waals surface area contributed by atoms with Crippen LogP contribution in [0.25, 0.3) is 10.9 Å². The maximum atomic E-state index is 13.3. The highest BCUT2D eigenvalue weighted by atomic mass is 19.4. The fraction of sp³-hybridized carbons (Fsp3) is 0.556. The maximum Gasteiger partial charge on any atom is 0.418 e. The molecule has 0 saturated carbocycles. The standard InChI is InChI=1S/C18H24F3N5/c1-12(11-26-9-7-25(3)8-10-26)22-17-14-5-4-6-15(18(19,20)21)16(14)23-13(2)24-17/h4-6,12H,7-11H2,1-3H3,(H,22,23,24)/t12-/m0/s1. The highest BCUT2D eigenvalue weighted by molar-refractivity contribution is 5.91. The number of likely N-dealkylation sites (N-methyl/N-ethyl adjacent to an activating group) is 1. The zero-order valence-corrected chi connectivity index (χ0v) is 15.3. The van der Waals surface area contributed by atoms with E-state index < -0.39 is 11.7 Å². The molecule has 1 aromatic heterocycles. The van der Waals surface area contributed by atoms with Gasteiger partial charge in [0.05, 0.1) is 11.1 Å². The van der Waals surface area contributed by atoms with Gasteiger partial charge in [0.15, 0.2) is 0 Å². The number of piperazine rings is 1. The first-order chi connectivity index (χ1) is 12.2. The van der Waals surface area contributed by atoms with Gasteiger partial charge in [-0.15, -0.1) is 0 Å². The molecule has 0 aliphatic carbocycles. The van der Waals surface area contributed by atoms with E-state index in [0.29, 0.717) is 17.0 Å². The van der Waals surface area contributed by atoms with Crippen LogP contribution in [0.15, 0.2) is 18.2 Å². The molecule has 26 heavy (non-hydrogen) atoms. The third-order valence-electron chi connectivity index (χ3n) is 4.65. The van der Waals surface area contributed by atoms with Gasteiger partial charge in [0.2, 0.25) is 0 Å². The second-order valence-electron chi connectivity index (χ2n) is 6.97.